The van der Waals surface area contributed by atoms with E-state index in [1.807, 2.05) is 22.9 Å². The van der Waals surface area contributed by atoms with E-state index in [1.54, 1.807) is 11.3 Å². The predicted octanol–water partition coefficient (Wildman–Crippen LogP) is 3.79. The maximum atomic E-state index is 4.34. The van der Waals surface area contributed by atoms with Gasteiger partial charge in [0.25, 0.3) is 0 Å². The van der Waals surface area contributed by atoms with Crippen molar-refractivity contribution in [2.75, 3.05) is 0 Å². The predicted molar refractivity (Wildman–Crippen MR) is 75.9 cm³/mol. The Balaban J connectivity index is 1.87. The maximum absolute atomic E-state index is 4.34. The lowest BCUT2D eigenvalue weighted by Crippen LogP contribution is -2.30. The minimum absolute atomic E-state index is 0.339. The Morgan fingerprint density at radius 3 is 2.76 bits per heavy atom. The summed E-state index contributed by atoms with van der Waals surface area (Å²) >= 11 is 3.60. The number of nitrogens with one attached hydrogen (secondary N) is 1. The Hall–Kier alpha value is -0.710. The molecule has 0 spiro atoms. The number of hydrogen-bond acceptors (Lipinski definition) is 4. The Kier molecular flexibility index (Phi) is 4.31. The van der Waals surface area contributed by atoms with Crippen molar-refractivity contribution in [3.8, 4) is 0 Å². The van der Waals surface area contributed by atoms with Gasteiger partial charge in [0.2, 0.25) is 0 Å². The number of nitrogens with zero attached hydrogens (tertiary/aromatic N) is 1. The highest BCUT2D eigenvalue weighted by molar-refractivity contribution is 7.11. The fraction of sp³-hybridized carbons (Fsp3) is 0.462. The van der Waals surface area contributed by atoms with Gasteiger partial charge in [-0.15, -0.1) is 22.7 Å². The molecule has 2 aromatic rings. The zero-order valence-electron chi connectivity index (χ0n) is 10.4. The molecule has 92 valence electrons. The SMILES string of the molecule is Cc1ccc(CC(C)NC(C)c2nccs2)s1. The van der Waals surface area contributed by atoms with Crippen LogP contribution in [0.25, 0.3) is 0 Å². The maximum Gasteiger partial charge on any atom is 0.109 e. The molecule has 2 rings (SSSR count). The van der Waals surface area contributed by atoms with Crippen LogP contribution in [0.15, 0.2) is 23.7 Å². The van der Waals surface area contributed by atoms with Crippen LogP contribution < -0.4 is 5.32 Å². The van der Waals surface area contributed by atoms with Crippen molar-refractivity contribution in [1.29, 1.82) is 0 Å². The van der Waals surface area contributed by atoms with Crippen molar-refractivity contribution in [1.82, 2.24) is 10.3 Å². The highest BCUT2D eigenvalue weighted by Crippen LogP contribution is 2.19. The molecule has 0 aliphatic rings. The topological polar surface area (TPSA) is 24.9 Å². The van der Waals surface area contributed by atoms with Crippen molar-refractivity contribution in [2.24, 2.45) is 0 Å². The number of hydrogen-bond donors (Lipinski definition) is 1. The summed E-state index contributed by atoms with van der Waals surface area (Å²) in [6.45, 7) is 6.57. The summed E-state index contributed by atoms with van der Waals surface area (Å²) in [7, 11) is 0. The first-order valence-corrected chi connectivity index (χ1v) is 7.55. The van der Waals surface area contributed by atoms with Crippen LogP contribution in [-0.4, -0.2) is 11.0 Å². The van der Waals surface area contributed by atoms with Gasteiger partial charge in [0.1, 0.15) is 5.01 Å². The third-order valence-corrected chi connectivity index (χ3v) is 4.64. The summed E-state index contributed by atoms with van der Waals surface area (Å²) in [6.07, 6.45) is 2.96. The minimum Gasteiger partial charge on any atom is -0.305 e. The number of aryl methyl sites for hydroxylation is 1. The molecule has 0 saturated heterocycles. The van der Waals surface area contributed by atoms with Crippen LogP contribution in [0, 0.1) is 6.92 Å². The van der Waals surface area contributed by atoms with Gasteiger partial charge in [-0.05, 0) is 39.3 Å². The first-order chi connectivity index (χ1) is 8.15. The molecule has 0 amide bonds. The van der Waals surface area contributed by atoms with Gasteiger partial charge >= 0.3 is 0 Å². The lowest BCUT2D eigenvalue weighted by atomic mass is 10.2. The zero-order chi connectivity index (χ0) is 12.3. The Morgan fingerprint density at radius 1 is 1.35 bits per heavy atom. The van der Waals surface area contributed by atoms with Crippen molar-refractivity contribution in [2.45, 2.75) is 39.3 Å². The molecule has 0 aliphatic heterocycles. The van der Waals surface area contributed by atoms with Crippen molar-refractivity contribution in [3.05, 3.63) is 38.5 Å². The fourth-order valence-electron chi connectivity index (χ4n) is 1.90. The van der Waals surface area contributed by atoms with Crippen LogP contribution >= 0.6 is 22.7 Å². The van der Waals surface area contributed by atoms with E-state index in [0.717, 1.165) is 6.42 Å². The van der Waals surface area contributed by atoms with Gasteiger partial charge in [-0.1, -0.05) is 0 Å². The van der Waals surface area contributed by atoms with Crippen LogP contribution in [0.4, 0.5) is 0 Å². The smallest absolute Gasteiger partial charge is 0.109 e. The summed E-state index contributed by atoms with van der Waals surface area (Å²) in [4.78, 5) is 7.18. The highest BCUT2D eigenvalue weighted by atomic mass is 32.1. The average Bonchev–Trinajstić information content (AvgIpc) is 2.89. The van der Waals surface area contributed by atoms with Crippen LogP contribution in [0.1, 0.15) is 34.7 Å². The highest BCUT2D eigenvalue weighted by Gasteiger charge is 2.12. The van der Waals surface area contributed by atoms with Gasteiger partial charge in [0, 0.05) is 27.4 Å². The van der Waals surface area contributed by atoms with E-state index in [9.17, 15) is 0 Å². The molecule has 2 atom stereocenters. The molecule has 4 heteroatoms. The fourth-order valence-corrected chi connectivity index (χ4v) is 3.58. The molecule has 2 heterocycles. The molecular weight excluding hydrogens is 248 g/mol. The van der Waals surface area contributed by atoms with Gasteiger partial charge in [-0.2, -0.15) is 0 Å². The van der Waals surface area contributed by atoms with E-state index in [0.29, 0.717) is 12.1 Å². The molecule has 0 bridgehead atoms. The molecule has 0 saturated carbocycles. The lowest BCUT2D eigenvalue weighted by molar-refractivity contribution is 0.478. The van der Waals surface area contributed by atoms with Crippen molar-refractivity contribution < 1.29 is 0 Å². The van der Waals surface area contributed by atoms with Gasteiger partial charge < -0.3 is 5.32 Å². The van der Waals surface area contributed by atoms with Gasteiger partial charge in [-0.25, -0.2) is 4.98 Å². The Morgan fingerprint density at radius 2 is 2.18 bits per heavy atom. The second kappa shape index (κ2) is 5.76. The van der Waals surface area contributed by atoms with Gasteiger partial charge in [0.05, 0.1) is 6.04 Å². The molecular formula is C13H18N2S2. The molecule has 2 nitrogen and oxygen atoms in total. The first-order valence-electron chi connectivity index (χ1n) is 5.86. The lowest BCUT2D eigenvalue weighted by Gasteiger charge is -2.17. The summed E-state index contributed by atoms with van der Waals surface area (Å²) in [5.41, 5.74) is 0. The van der Waals surface area contributed by atoms with E-state index in [4.69, 9.17) is 0 Å². The molecule has 2 unspecified atom stereocenters. The van der Waals surface area contributed by atoms with E-state index in [-0.39, 0.29) is 0 Å². The molecule has 0 radical (unpaired) electrons. The normalized spacial score (nSPS) is 14.8. The molecule has 0 aromatic carbocycles. The second-order valence-corrected chi connectivity index (χ2v) is 6.67. The Bertz CT molecular complexity index is 448. The summed E-state index contributed by atoms with van der Waals surface area (Å²) in [5.74, 6) is 0. The van der Waals surface area contributed by atoms with Crippen LogP contribution in [0.5, 0.6) is 0 Å². The standard InChI is InChI=1S/C13H18N2S2/c1-9(8-12-5-4-10(2)17-12)15-11(3)13-14-6-7-16-13/h4-7,9,11,15H,8H2,1-3H3. The zero-order valence-corrected chi connectivity index (χ0v) is 12.1. The summed E-state index contributed by atoms with van der Waals surface area (Å²) < 4.78 is 0. The van der Waals surface area contributed by atoms with Gasteiger partial charge in [-0.3, -0.25) is 0 Å². The molecule has 0 fully saturated rings. The molecule has 17 heavy (non-hydrogen) atoms. The minimum atomic E-state index is 0.339. The monoisotopic (exact) mass is 266 g/mol. The number of thiazole rings is 1. The Labute approximate surface area is 111 Å². The van der Waals surface area contributed by atoms with Crippen LogP contribution in [0.2, 0.25) is 0 Å². The number of aromatic nitrogens is 1. The van der Waals surface area contributed by atoms with E-state index in [2.05, 4.69) is 43.2 Å². The van der Waals surface area contributed by atoms with Crippen molar-refractivity contribution in [3.63, 3.8) is 0 Å². The van der Waals surface area contributed by atoms with Crippen LogP contribution in [0.3, 0.4) is 0 Å². The molecule has 1 N–H and O–H groups in total. The van der Waals surface area contributed by atoms with E-state index < -0.39 is 0 Å². The van der Waals surface area contributed by atoms with E-state index >= 15 is 0 Å². The quantitative estimate of drug-likeness (QED) is 0.890. The summed E-state index contributed by atoms with van der Waals surface area (Å²) in [6, 6.07) is 5.24. The largest absolute Gasteiger partial charge is 0.305 e. The van der Waals surface area contributed by atoms with Crippen LogP contribution in [-0.2, 0) is 6.42 Å². The first kappa shape index (κ1) is 12.7. The second-order valence-electron chi connectivity index (χ2n) is 4.38. The number of rotatable bonds is 5. The molecule has 2 aromatic heterocycles. The third-order valence-electron chi connectivity index (χ3n) is 2.66. The number of thiophene rings is 1. The third kappa shape index (κ3) is 3.63. The van der Waals surface area contributed by atoms with Gasteiger partial charge in [0.15, 0.2) is 0 Å². The van der Waals surface area contributed by atoms with E-state index in [1.165, 1.54) is 14.8 Å². The average molecular weight is 266 g/mol. The van der Waals surface area contributed by atoms with Crippen molar-refractivity contribution >= 4 is 22.7 Å². The molecule has 0 aliphatic carbocycles. The summed E-state index contributed by atoms with van der Waals surface area (Å²) in [5, 5.41) is 6.79.